The lowest BCUT2D eigenvalue weighted by molar-refractivity contribution is 0.0600. The Balaban J connectivity index is 1.81. The summed E-state index contributed by atoms with van der Waals surface area (Å²) in [6.07, 6.45) is 5.60. The number of methoxy groups -OCH3 is 1. The Morgan fingerprint density at radius 2 is 1.96 bits per heavy atom. The summed E-state index contributed by atoms with van der Waals surface area (Å²) < 4.78 is 4.92. The minimum atomic E-state index is -0.297. The second kappa shape index (κ2) is 6.23. The zero-order valence-electron chi connectivity index (χ0n) is 14.3. The Morgan fingerprint density at radius 1 is 1.20 bits per heavy atom. The third-order valence-corrected chi connectivity index (χ3v) is 5.68. The predicted molar refractivity (Wildman–Crippen MR) is 100 cm³/mol. The molecule has 25 heavy (non-hydrogen) atoms. The molecule has 0 aromatic heterocycles. The van der Waals surface area contributed by atoms with Gasteiger partial charge in [0.2, 0.25) is 0 Å². The third-order valence-electron chi connectivity index (χ3n) is 5.43. The Labute approximate surface area is 152 Å². The fraction of sp³-hybridized carbons (Fsp3) is 0.286. The Kier molecular flexibility index (Phi) is 4.04. The zero-order chi connectivity index (χ0) is 17.6. The summed E-state index contributed by atoms with van der Waals surface area (Å²) in [4.78, 5) is 12.1. The SMILES string of the molecule is COC(=O)c1ccc2c(c1C)N[C@H](c1ccc(Cl)cc1)[C@@H]1CC=C[C@@H]21. The number of benzene rings is 2. The maximum atomic E-state index is 12.1. The summed E-state index contributed by atoms with van der Waals surface area (Å²) in [5.74, 6) is 0.536. The van der Waals surface area contributed by atoms with Crippen molar-refractivity contribution in [3.8, 4) is 0 Å². The van der Waals surface area contributed by atoms with E-state index < -0.39 is 0 Å². The summed E-state index contributed by atoms with van der Waals surface area (Å²) >= 11 is 6.06. The second-order valence-electron chi connectivity index (χ2n) is 6.72. The Morgan fingerprint density at radius 3 is 2.68 bits per heavy atom. The summed E-state index contributed by atoms with van der Waals surface area (Å²) in [6, 6.07) is 12.2. The quantitative estimate of drug-likeness (QED) is 0.591. The van der Waals surface area contributed by atoms with E-state index in [0.717, 1.165) is 22.7 Å². The van der Waals surface area contributed by atoms with E-state index in [0.29, 0.717) is 17.4 Å². The fourth-order valence-electron chi connectivity index (χ4n) is 4.15. The molecular weight excluding hydrogens is 334 g/mol. The molecule has 3 atom stereocenters. The molecule has 0 saturated carbocycles. The maximum Gasteiger partial charge on any atom is 0.338 e. The van der Waals surface area contributed by atoms with Crippen LogP contribution in [0.2, 0.25) is 5.02 Å². The average Bonchev–Trinajstić information content (AvgIpc) is 3.12. The Bertz CT molecular complexity index is 857. The molecule has 0 saturated heterocycles. The van der Waals surface area contributed by atoms with E-state index in [4.69, 9.17) is 16.3 Å². The predicted octanol–water partition coefficient (Wildman–Crippen LogP) is 5.26. The number of hydrogen-bond donors (Lipinski definition) is 1. The van der Waals surface area contributed by atoms with Gasteiger partial charge in [0.15, 0.2) is 0 Å². The van der Waals surface area contributed by atoms with E-state index in [2.05, 4.69) is 35.7 Å². The number of hydrogen-bond acceptors (Lipinski definition) is 3. The van der Waals surface area contributed by atoms with Gasteiger partial charge in [0.1, 0.15) is 0 Å². The lowest BCUT2D eigenvalue weighted by atomic mass is 9.76. The van der Waals surface area contributed by atoms with Crippen LogP contribution in [0.1, 0.15) is 45.4 Å². The van der Waals surface area contributed by atoms with Crippen molar-refractivity contribution in [3.05, 3.63) is 75.8 Å². The summed E-state index contributed by atoms with van der Waals surface area (Å²) in [5, 5.41) is 4.44. The second-order valence-corrected chi connectivity index (χ2v) is 7.16. The van der Waals surface area contributed by atoms with Crippen LogP contribution >= 0.6 is 11.6 Å². The standard InChI is InChI=1S/C21H20ClNO2/c1-12-15(21(24)25-2)10-11-18-16-4-3-5-17(16)20(23-19(12)18)13-6-8-14(22)9-7-13/h3-4,6-11,16-17,20,23H,5H2,1-2H3/t16-,17-,20-/m1/s1. The first-order valence-electron chi connectivity index (χ1n) is 8.50. The molecule has 0 spiro atoms. The molecule has 0 unspecified atom stereocenters. The van der Waals surface area contributed by atoms with E-state index in [1.165, 1.54) is 18.2 Å². The van der Waals surface area contributed by atoms with Crippen LogP contribution in [0.3, 0.4) is 0 Å². The lowest BCUT2D eigenvalue weighted by Crippen LogP contribution is -2.30. The first-order chi connectivity index (χ1) is 12.1. The van der Waals surface area contributed by atoms with Crippen LogP contribution in [0.4, 0.5) is 5.69 Å². The van der Waals surface area contributed by atoms with Crippen LogP contribution in [0.5, 0.6) is 0 Å². The molecule has 2 aliphatic rings. The van der Waals surface area contributed by atoms with Gasteiger partial charge in [-0.15, -0.1) is 0 Å². The lowest BCUT2D eigenvalue weighted by Gasteiger charge is -2.38. The van der Waals surface area contributed by atoms with Crippen molar-refractivity contribution in [1.29, 1.82) is 0 Å². The number of fused-ring (bicyclic) bond motifs is 3. The van der Waals surface area contributed by atoms with Gasteiger partial charge < -0.3 is 10.1 Å². The van der Waals surface area contributed by atoms with Crippen molar-refractivity contribution in [2.24, 2.45) is 5.92 Å². The highest BCUT2D eigenvalue weighted by Crippen LogP contribution is 2.51. The van der Waals surface area contributed by atoms with E-state index >= 15 is 0 Å². The molecule has 3 nitrogen and oxygen atoms in total. The van der Waals surface area contributed by atoms with Crippen LogP contribution in [0.25, 0.3) is 0 Å². The number of ether oxygens (including phenoxy) is 1. The zero-order valence-corrected chi connectivity index (χ0v) is 15.0. The molecular formula is C21H20ClNO2. The largest absolute Gasteiger partial charge is 0.465 e. The molecule has 2 aromatic rings. The first-order valence-corrected chi connectivity index (χ1v) is 8.88. The average molecular weight is 354 g/mol. The highest BCUT2D eigenvalue weighted by Gasteiger charge is 2.38. The highest BCUT2D eigenvalue weighted by atomic mass is 35.5. The highest BCUT2D eigenvalue weighted by molar-refractivity contribution is 6.30. The molecule has 0 amide bonds. The monoisotopic (exact) mass is 353 g/mol. The topological polar surface area (TPSA) is 38.3 Å². The van der Waals surface area contributed by atoms with Crippen LogP contribution in [0.15, 0.2) is 48.6 Å². The summed E-state index contributed by atoms with van der Waals surface area (Å²) in [6.45, 7) is 1.98. The van der Waals surface area contributed by atoms with Gasteiger partial charge >= 0.3 is 5.97 Å². The number of halogens is 1. The molecule has 0 radical (unpaired) electrons. The van der Waals surface area contributed by atoms with Gasteiger partial charge in [-0.2, -0.15) is 0 Å². The first kappa shape index (κ1) is 16.2. The van der Waals surface area contributed by atoms with Crippen molar-refractivity contribution in [3.63, 3.8) is 0 Å². The van der Waals surface area contributed by atoms with Crippen LogP contribution < -0.4 is 5.32 Å². The minimum absolute atomic E-state index is 0.191. The third kappa shape index (κ3) is 2.63. The number of esters is 1. The van der Waals surface area contributed by atoms with Gasteiger partial charge in [0, 0.05) is 16.6 Å². The van der Waals surface area contributed by atoms with Crippen molar-refractivity contribution in [2.45, 2.75) is 25.3 Å². The number of rotatable bonds is 2. The smallest absolute Gasteiger partial charge is 0.338 e. The van der Waals surface area contributed by atoms with Crippen molar-refractivity contribution in [2.75, 3.05) is 12.4 Å². The molecule has 2 aromatic carbocycles. The number of allylic oxidation sites excluding steroid dienone is 2. The molecule has 128 valence electrons. The van der Waals surface area contributed by atoms with Gasteiger partial charge in [-0.1, -0.05) is 42.0 Å². The van der Waals surface area contributed by atoms with Gasteiger partial charge in [0.05, 0.1) is 18.7 Å². The van der Waals surface area contributed by atoms with Crippen molar-refractivity contribution in [1.82, 2.24) is 0 Å². The van der Waals surface area contributed by atoms with E-state index in [1.807, 2.05) is 25.1 Å². The molecule has 4 heteroatoms. The van der Waals surface area contributed by atoms with E-state index in [1.54, 1.807) is 0 Å². The summed E-state index contributed by atoms with van der Waals surface area (Å²) in [5.41, 5.74) is 5.09. The van der Waals surface area contributed by atoms with Crippen LogP contribution in [-0.2, 0) is 4.74 Å². The number of anilines is 1. The number of carbonyl (C=O) groups excluding carboxylic acids is 1. The number of nitrogens with one attached hydrogen (secondary N) is 1. The van der Waals surface area contributed by atoms with Gasteiger partial charge in [-0.05, 0) is 54.2 Å². The van der Waals surface area contributed by atoms with Gasteiger partial charge in [-0.25, -0.2) is 4.79 Å². The molecule has 0 fully saturated rings. The molecule has 1 heterocycles. The van der Waals surface area contributed by atoms with Gasteiger partial charge in [0.25, 0.3) is 0 Å². The maximum absolute atomic E-state index is 12.1. The van der Waals surface area contributed by atoms with Crippen LogP contribution in [-0.4, -0.2) is 13.1 Å². The molecule has 1 N–H and O–H groups in total. The Hall–Kier alpha value is -2.26. The summed E-state index contributed by atoms with van der Waals surface area (Å²) in [7, 11) is 1.42. The van der Waals surface area contributed by atoms with E-state index in [9.17, 15) is 4.79 Å². The molecule has 0 bridgehead atoms. The van der Waals surface area contributed by atoms with Gasteiger partial charge in [-0.3, -0.25) is 0 Å². The normalized spacial score (nSPS) is 23.6. The van der Waals surface area contributed by atoms with Crippen LogP contribution in [0, 0.1) is 12.8 Å². The molecule has 4 rings (SSSR count). The minimum Gasteiger partial charge on any atom is -0.465 e. The molecule has 1 aliphatic heterocycles. The molecule has 1 aliphatic carbocycles. The number of carbonyl (C=O) groups is 1. The van der Waals surface area contributed by atoms with Crippen molar-refractivity contribution >= 4 is 23.3 Å². The fourth-order valence-corrected chi connectivity index (χ4v) is 4.27. The van der Waals surface area contributed by atoms with Crippen molar-refractivity contribution < 1.29 is 9.53 Å². The van der Waals surface area contributed by atoms with E-state index in [-0.39, 0.29) is 12.0 Å².